The van der Waals surface area contributed by atoms with Crippen LogP contribution in [0.15, 0.2) is 30.3 Å². The molecule has 0 saturated carbocycles. The van der Waals surface area contributed by atoms with Crippen molar-refractivity contribution >= 4 is 5.69 Å². The summed E-state index contributed by atoms with van der Waals surface area (Å²) in [6, 6.07) is 10.5. The van der Waals surface area contributed by atoms with Gasteiger partial charge in [-0.15, -0.1) is 0 Å². The Morgan fingerprint density at radius 1 is 0.842 bits per heavy atom. The highest BCUT2D eigenvalue weighted by molar-refractivity contribution is 5.49. The molecule has 2 N–H and O–H groups in total. The first-order valence-corrected chi connectivity index (χ1v) is 6.57. The van der Waals surface area contributed by atoms with E-state index >= 15 is 0 Å². The molecule has 2 nitrogen and oxygen atoms in total. The maximum absolute atomic E-state index is 9.77. The molecule has 2 heteroatoms. The fourth-order valence-corrected chi connectivity index (χ4v) is 2.43. The summed E-state index contributed by atoms with van der Waals surface area (Å²) in [6.45, 7) is 8.84. The SMILES string of the molecule is Cc1cc(C)cc(NCc2cc(C)c(O)c(C)c2)c1. The highest BCUT2D eigenvalue weighted by Gasteiger charge is 2.03. The second-order valence-corrected chi connectivity index (χ2v) is 5.31. The Hall–Kier alpha value is -1.96. The molecule has 0 amide bonds. The predicted octanol–water partition coefficient (Wildman–Crippen LogP) is 4.24. The van der Waals surface area contributed by atoms with Crippen LogP contribution in [0.3, 0.4) is 0 Å². The summed E-state index contributed by atoms with van der Waals surface area (Å²) in [7, 11) is 0. The van der Waals surface area contributed by atoms with E-state index < -0.39 is 0 Å². The Morgan fingerprint density at radius 2 is 1.37 bits per heavy atom. The van der Waals surface area contributed by atoms with Gasteiger partial charge in [-0.3, -0.25) is 0 Å². The smallest absolute Gasteiger partial charge is 0.121 e. The Morgan fingerprint density at radius 3 is 1.89 bits per heavy atom. The normalized spacial score (nSPS) is 10.5. The molecule has 2 rings (SSSR count). The van der Waals surface area contributed by atoms with Crippen LogP contribution < -0.4 is 5.32 Å². The average Bonchev–Trinajstić information content (AvgIpc) is 2.32. The Balaban J connectivity index is 2.14. The lowest BCUT2D eigenvalue weighted by Crippen LogP contribution is -2.01. The lowest BCUT2D eigenvalue weighted by atomic mass is 10.1. The van der Waals surface area contributed by atoms with E-state index in [0.29, 0.717) is 5.75 Å². The average molecular weight is 255 g/mol. The van der Waals surface area contributed by atoms with Crippen LogP contribution in [0.25, 0.3) is 0 Å². The van der Waals surface area contributed by atoms with Gasteiger partial charge in [0.05, 0.1) is 0 Å². The van der Waals surface area contributed by atoms with Crippen LogP contribution in [0.5, 0.6) is 5.75 Å². The molecule has 19 heavy (non-hydrogen) atoms. The van der Waals surface area contributed by atoms with E-state index in [9.17, 15) is 5.11 Å². The molecule has 0 unspecified atom stereocenters. The minimum Gasteiger partial charge on any atom is -0.507 e. The van der Waals surface area contributed by atoms with Crippen molar-refractivity contribution in [1.82, 2.24) is 0 Å². The standard InChI is InChI=1S/C17H21NO/c1-11-5-12(2)7-16(6-11)18-10-15-8-13(3)17(19)14(4)9-15/h5-9,18-19H,10H2,1-4H3. The third-order valence-corrected chi connectivity index (χ3v) is 3.27. The van der Waals surface area contributed by atoms with Gasteiger partial charge < -0.3 is 10.4 Å². The molecule has 0 saturated heterocycles. The number of nitrogens with one attached hydrogen (secondary N) is 1. The number of phenolic OH excluding ortho intramolecular Hbond substituents is 1. The van der Waals surface area contributed by atoms with E-state index in [2.05, 4.69) is 37.4 Å². The van der Waals surface area contributed by atoms with E-state index in [0.717, 1.165) is 23.4 Å². The molecule has 0 fully saturated rings. The third kappa shape index (κ3) is 3.28. The summed E-state index contributed by atoms with van der Waals surface area (Å²) >= 11 is 0. The fraction of sp³-hybridized carbons (Fsp3) is 0.294. The Kier molecular flexibility index (Phi) is 3.79. The summed E-state index contributed by atoms with van der Waals surface area (Å²) in [5.74, 6) is 0.398. The zero-order chi connectivity index (χ0) is 14.0. The van der Waals surface area contributed by atoms with Gasteiger partial charge in [-0.25, -0.2) is 0 Å². The molecule has 0 aliphatic heterocycles. The number of hydrogen-bond acceptors (Lipinski definition) is 2. The molecule has 0 heterocycles. The summed E-state index contributed by atoms with van der Waals surface area (Å²) in [5, 5.41) is 13.2. The van der Waals surface area contributed by atoms with E-state index in [1.807, 2.05) is 26.0 Å². The zero-order valence-corrected chi connectivity index (χ0v) is 12.0. The van der Waals surface area contributed by atoms with Gasteiger partial charge in [0.25, 0.3) is 0 Å². The second-order valence-electron chi connectivity index (χ2n) is 5.31. The molecule has 0 aliphatic carbocycles. The van der Waals surface area contributed by atoms with Crippen molar-refractivity contribution in [1.29, 1.82) is 0 Å². The molecular weight excluding hydrogens is 234 g/mol. The minimum atomic E-state index is 0.398. The highest BCUT2D eigenvalue weighted by atomic mass is 16.3. The largest absolute Gasteiger partial charge is 0.507 e. The van der Waals surface area contributed by atoms with Crippen LogP contribution in [0.4, 0.5) is 5.69 Å². The van der Waals surface area contributed by atoms with E-state index in [-0.39, 0.29) is 0 Å². The van der Waals surface area contributed by atoms with Crippen LogP contribution in [-0.4, -0.2) is 5.11 Å². The number of aryl methyl sites for hydroxylation is 4. The lowest BCUT2D eigenvalue weighted by molar-refractivity contribution is 0.466. The molecule has 0 atom stereocenters. The first kappa shape index (κ1) is 13.5. The highest BCUT2D eigenvalue weighted by Crippen LogP contribution is 2.23. The summed E-state index contributed by atoms with van der Waals surface area (Å²) in [6.07, 6.45) is 0. The Bertz CT molecular complexity index is 559. The van der Waals surface area contributed by atoms with Gasteiger partial charge in [0.1, 0.15) is 5.75 Å². The van der Waals surface area contributed by atoms with Gasteiger partial charge in [-0.1, -0.05) is 18.2 Å². The maximum atomic E-state index is 9.77. The third-order valence-electron chi connectivity index (χ3n) is 3.27. The number of hydrogen-bond donors (Lipinski definition) is 2. The van der Waals surface area contributed by atoms with Crippen LogP contribution in [0, 0.1) is 27.7 Å². The molecular formula is C17H21NO. The number of anilines is 1. The van der Waals surface area contributed by atoms with Gasteiger partial charge in [-0.05, 0) is 67.6 Å². The van der Waals surface area contributed by atoms with Crippen LogP contribution >= 0.6 is 0 Å². The molecule has 0 bridgehead atoms. The van der Waals surface area contributed by atoms with Crippen LogP contribution in [0.2, 0.25) is 0 Å². The summed E-state index contributed by atoms with van der Waals surface area (Å²) in [4.78, 5) is 0. The van der Waals surface area contributed by atoms with E-state index in [4.69, 9.17) is 0 Å². The van der Waals surface area contributed by atoms with Crippen molar-refractivity contribution in [3.05, 3.63) is 58.1 Å². The minimum absolute atomic E-state index is 0.398. The molecule has 100 valence electrons. The first-order valence-electron chi connectivity index (χ1n) is 6.57. The number of aromatic hydroxyl groups is 1. The topological polar surface area (TPSA) is 32.3 Å². The molecule has 0 aromatic heterocycles. The van der Waals surface area contributed by atoms with Crippen molar-refractivity contribution in [2.75, 3.05) is 5.32 Å². The van der Waals surface area contributed by atoms with Gasteiger partial charge >= 0.3 is 0 Å². The van der Waals surface area contributed by atoms with Crippen molar-refractivity contribution in [2.45, 2.75) is 34.2 Å². The maximum Gasteiger partial charge on any atom is 0.121 e. The summed E-state index contributed by atoms with van der Waals surface area (Å²) in [5.41, 5.74) is 6.71. The molecule has 0 radical (unpaired) electrons. The summed E-state index contributed by atoms with van der Waals surface area (Å²) < 4.78 is 0. The van der Waals surface area contributed by atoms with Crippen LogP contribution in [0.1, 0.15) is 27.8 Å². The predicted molar refractivity (Wildman–Crippen MR) is 80.8 cm³/mol. The van der Waals surface area contributed by atoms with Crippen LogP contribution in [-0.2, 0) is 6.54 Å². The van der Waals surface area contributed by atoms with Crippen molar-refractivity contribution in [3.63, 3.8) is 0 Å². The Labute approximate surface area is 115 Å². The van der Waals surface area contributed by atoms with Crippen molar-refractivity contribution in [2.24, 2.45) is 0 Å². The molecule has 0 aliphatic rings. The molecule has 2 aromatic carbocycles. The second kappa shape index (κ2) is 5.35. The fourth-order valence-electron chi connectivity index (χ4n) is 2.43. The van der Waals surface area contributed by atoms with Gasteiger partial charge in [0.2, 0.25) is 0 Å². The van der Waals surface area contributed by atoms with Gasteiger partial charge in [0.15, 0.2) is 0 Å². The molecule has 2 aromatic rings. The van der Waals surface area contributed by atoms with Gasteiger partial charge in [0, 0.05) is 12.2 Å². The van der Waals surface area contributed by atoms with Crippen molar-refractivity contribution < 1.29 is 5.11 Å². The van der Waals surface area contributed by atoms with Gasteiger partial charge in [-0.2, -0.15) is 0 Å². The number of rotatable bonds is 3. The first-order chi connectivity index (χ1) is 8.95. The lowest BCUT2D eigenvalue weighted by Gasteiger charge is -2.11. The monoisotopic (exact) mass is 255 g/mol. The number of phenols is 1. The van der Waals surface area contributed by atoms with E-state index in [1.54, 1.807) is 0 Å². The van der Waals surface area contributed by atoms with E-state index in [1.165, 1.54) is 16.7 Å². The quantitative estimate of drug-likeness (QED) is 0.860. The number of benzene rings is 2. The van der Waals surface area contributed by atoms with Crippen molar-refractivity contribution in [3.8, 4) is 5.75 Å². The zero-order valence-electron chi connectivity index (χ0n) is 12.0. The molecule has 0 spiro atoms.